The molecule has 1 saturated carbocycles. The van der Waals surface area contributed by atoms with Gasteiger partial charge >= 0.3 is 0 Å². The molecule has 1 fully saturated rings. The van der Waals surface area contributed by atoms with Crippen molar-refractivity contribution in [1.82, 2.24) is 9.55 Å². The number of hydrogen-bond donors (Lipinski definition) is 1. The van der Waals surface area contributed by atoms with Gasteiger partial charge in [0.15, 0.2) is 0 Å². The molecule has 0 aliphatic heterocycles. The Bertz CT molecular complexity index is 578. The molecule has 1 aliphatic carbocycles. The van der Waals surface area contributed by atoms with Crippen molar-refractivity contribution >= 4 is 23.2 Å². The predicted octanol–water partition coefficient (Wildman–Crippen LogP) is 3.61. The standard InChI is InChI=1S/C13H12Cl2N2O/c14-8-1-4-10(11(15)5-8)13(18)12-6-16-7-17(12)9-2-3-9/h1,4-7,9,13,18H,2-3H2. The van der Waals surface area contributed by atoms with Gasteiger partial charge in [-0.3, -0.25) is 0 Å². The SMILES string of the molecule is OC(c1ccc(Cl)cc1Cl)c1cncn1C1CC1. The minimum Gasteiger partial charge on any atom is -0.382 e. The molecule has 3 rings (SSSR count). The summed E-state index contributed by atoms with van der Waals surface area (Å²) in [7, 11) is 0. The van der Waals surface area contributed by atoms with Gasteiger partial charge in [-0.2, -0.15) is 0 Å². The largest absolute Gasteiger partial charge is 0.382 e. The number of halogens is 2. The lowest BCUT2D eigenvalue weighted by atomic mass is 10.1. The highest BCUT2D eigenvalue weighted by molar-refractivity contribution is 6.35. The van der Waals surface area contributed by atoms with E-state index in [-0.39, 0.29) is 0 Å². The number of aromatic nitrogens is 2. The van der Waals surface area contributed by atoms with E-state index in [1.54, 1.807) is 30.7 Å². The molecule has 1 heterocycles. The summed E-state index contributed by atoms with van der Waals surface area (Å²) in [6.45, 7) is 0. The molecule has 1 aliphatic rings. The zero-order valence-corrected chi connectivity index (χ0v) is 11.1. The van der Waals surface area contributed by atoms with E-state index in [4.69, 9.17) is 23.2 Å². The van der Waals surface area contributed by atoms with E-state index in [9.17, 15) is 5.11 Å². The number of imidazole rings is 1. The van der Waals surface area contributed by atoms with Gasteiger partial charge in [-0.1, -0.05) is 29.3 Å². The maximum absolute atomic E-state index is 10.4. The Hall–Kier alpha value is -1.03. The van der Waals surface area contributed by atoms with Crippen molar-refractivity contribution in [2.75, 3.05) is 0 Å². The zero-order chi connectivity index (χ0) is 12.7. The number of aliphatic hydroxyl groups is 1. The molecule has 0 saturated heterocycles. The van der Waals surface area contributed by atoms with Gasteiger partial charge in [-0.05, 0) is 25.0 Å². The first-order chi connectivity index (χ1) is 8.66. The number of hydrogen-bond acceptors (Lipinski definition) is 2. The Morgan fingerprint density at radius 2 is 2.11 bits per heavy atom. The Morgan fingerprint density at radius 1 is 1.33 bits per heavy atom. The monoisotopic (exact) mass is 282 g/mol. The summed E-state index contributed by atoms with van der Waals surface area (Å²) < 4.78 is 2.02. The van der Waals surface area contributed by atoms with Crippen molar-refractivity contribution in [1.29, 1.82) is 0 Å². The Balaban J connectivity index is 1.97. The lowest BCUT2D eigenvalue weighted by molar-refractivity contribution is 0.210. The van der Waals surface area contributed by atoms with Crippen LogP contribution in [0, 0.1) is 0 Å². The second-order valence-corrected chi connectivity index (χ2v) is 5.37. The second kappa shape index (κ2) is 4.57. The summed E-state index contributed by atoms with van der Waals surface area (Å²) in [5, 5.41) is 11.5. The summed E-state index contributed by atoms with van der Waals surface area (Å²) in [6.07, 6.45) is 4.97. The van der Waals surface area contributed by atoms with Gasteiger partial charge in [0, 0.05) is 21.7 Å². The Labute approximate surface area is 115 Å². The Kier molecular flexibility index (Phi) is 3.06. The van der Waals surface area contributed by atoms with Crippen LogP contribution in [0.4, 0.5) is 0 Å². The van der Waals surface area contributed by atoms with Crippen LogP contribution in [0.15, 0.2) is 30.7 Å². The Morgan fingerprint density at radius 3 is 2.78 bits per heavy atom. The molecule has 18 heavy (non-hydrogen) atoms. The van der Waals surface area contributed by atoms with Gasteiger partial charge in [0.1, 0.15) is 6.10 Å². The number of nitrogens with zero attached hydrogens (tertiary/aromatic N) is 2. The van der Waals surface area contributed by atoms with E-state index in [0.717, 1.165) is 18.5 Å². The molecular formula is C13H12Cl2N2O. The van der Waals surface area contributed by atoms with E-state index in [1.807, 2.05) is 4.57 Å². The minimum absolute atomic E-state index is 0.471. The highest BCUT2D eigenvalue weighted by Crippen LogP contribution is 2.38. The molecule has 94 valence electrons. The van der Waals surface area contributed by atoms with Crippen LogP contribution in [0.1, 0.15) is 36.2 Å². The molecule has 1 atom stereocenters. The third-order valence-electron chi connectivity index (χ3n) is 3.17. The topological polar surface area (TPSA) is 38.1 Å². The molecule has 1 aromatic carbocycles. The fourth-order valence-corrected chi connectivity index (χ4v) is 2.58. The first-order valence-corrected chi connectivity index (χ1v) is 6.57. The molecule has 0 radical (unpaired) electrons. The fraction of sp³-hybridized carbons (Fsp3) is 0.308. The predicted molar refractivity (Wildman–Crippen MR) is 71.0 cm³/mol. The maximum atomic E-state index is 10.4. The van der Waals surface area contributed by atoms with Crippen LogP contribution in [0.25, 0.3) is 0 Å². The van der Waals surface area contributed by atoms with Crippen LogP contribution in [0.5, 0.6) is 0 Å². The van der Waals surface area contributed by atoms with E-state index < -0.39 is 6.10 Å². The van der Waals surface area contributed by atoms with Gasteiger partial charge < -0.3 is 9.67 Å². The van der Waals surface area contributed by atoms with Gasteiger partial charge in [0.25, 0.3) is 0 Å². The third-order valence-corrected chi connectivity index (χ3v) is 3.74. The van der Waals surface area contributed by atoms with Crippen LogP contribution >= 0.6 is 23.2 Å². The zero-order valence-electron chi connectivity index (χ0n) is 9.55. The van der Waals surface area contributed by atoms with Gasteiger partial charge in [0.2, 0.25) is 0 Å². The van der Waals surface area contributed by atoms with E-state index in [0.29, 0.717) is 21.7 Å². The second-order valence-electron chi connectivity index (χ2n) is 4.53. The van der Waals surface area contributed by atoms with Crippen molar-refractivity contribution in [2.24, 2.45) is 0 Å². The molecule has 1 aromatic heterocycles. The summed E-state index contributed by atoms with van der Waals surface area (Å²) >= 11 is 12.0. The first-order valence-electron chi connectivity index (χ1n) is 5.81. The maximum Gasteiger partial charge on any atom is 0.122 e. The third kappa shape index (κ3) is 2.14. The van der Waals surface area contributed by atoms with E-state index >= 15 is 0 Å². The van der Waals surface area contributed by atoms with Crippen LogP contribution in [0.3, 0.4) is 0 Å². The highest BCUT2D eigenvalue weighted by atomic mass is 35.5. The van der Waals surface area contributed by atoms with Gasteiger partial charge in [-0.15, -0.1) is 0 Å². The highest BCUT2D eigenvalue weighted by Gasteiger charge is 2.28. The number of aliphatic hydroxyl groups excluding tert-OH is 1. The van der Waals surface area contributed by atoms with E-state index in [2.05, 4.69) is 4.98 Å². The van der Waals surface area contributed by atoms with Crippen LogP contribution < -0.4 is 0 Å². The summed E-state index contributed by atoms with van der Waals surface area (Å²) in [5.41, 5.74) is 1.44. The lowest BCUT2D eigenvalue weighted by Gasteiger charge is -2.15. The molecule has 0 spiro atoms. The average Bonchev–Trinajstić information content (AvgIpc) is 3.06. The quantitative estimate of drug-likeness (QED) is 0.934. The van der Waals surface area contributed by atoms with Crippen molar-refractivity contribution in [3.05, 3.63) is 52.0 Å². The van der Waals surface area contributed by atoms with E-state index in [1.165, 1.54) is 0 Å². The van der Waals surface area contributed by atoms with Crippen molar-refractivity contribution in [3.8, 4) is 0 Å². The molecule has 0 amide bonds. The summed E-state index contributed by atoms with van der Waals surface area (Å²) in [4.78, 5) is 4.11. The molecule has 2 aromatic rings. The molecule has 1 unspecified atom stereocenters. The van der Waals surface area contributed by atoms with Crippen molar-refractivity contribution in [2.45, 2.75) is 25.0 Å². The fourth-order valence-electron chi connectivity index (χ4n) is 2.07. The summed E-state index contributed by atoms with van der Waals surface area (Å²) in [6, 6.07) is 5.59. The smallest absolute Gasteiger partial charge is 0.122 e. The number of rotatable bonds is 3. The van der Waals surface area contributed by atoms with Gasteiger partial charge in [-0.25, -0.2) is 4.98 Å². The van der Waals surface area contributed by atoms with Gasteiger partial charge in [0.05, 0.1) is 18.2 Å². The van der Waals surface area contributed by atoms with Crippen molar-refractivity contribution < 1.29 is 5.11 Å². The molecule has 1 N–H and O–H groups in total. The number of benzene rings is 1. The summed E-state index contributed by atoms with van der Waals surface area (Å²) in [5.74, 6) is 0. The van der Waals surface area contributed by atoms with Crippen molar-refractivity contribution in [3.63, 3.8) is 0 Å². The molecule has 5 heteroatoms. The normalized spacial score (nSPS) is 16.8. The molecule has 0 bridgehead atoms. The lowest BCUT2D eigenvalue weighted by Crippen LogP contribution is -2.07. The van der Waals surface area contributed by atoms with Crippen LogP contribution in [-0.4, -0.2) is 14.7 Å². The molecule has 3 nitrogen and oxygen atoms in total. The van der Waals surface area contributed by atoms with Crippen LogP contribution in [0.2, 0.25) is 10.0 Å². The van der Waals surface area contributed by atoms with Crippen LogP contribution in [-0.2, 0) is 0 Å². The first kappa shape index (κ1) is 12.0. The molecular weight excluding hydrogens is 271 g/mol. The average molecular weight is 283 g/mol. The minimum atomic E-state index is -0.766.